The zero-order chi connectivity index (χ0) is 21.2. The van der Waals surface area contributed by atoms with Crippen LogP contribution in [0.2, 0.25) is 0 Å². The minimum Gasteiger partial charge on any atom is -0.497 e. The Kier molecular flexibility index (Phi) is 7.85. The van der Waals surface area contributed by atoms with Crippen LogP contribution in [0.3, 0.4) is 0 Å². The van der Waals surface area contributed by atoms with E-state index in [1.54, 1.807) is 14.2 Å². The normalized spacial score (nSPS) is 11.3. The lowest BCUT2D eigenvalue weighted by molar-refractivity contribution is -0.0282. The van der Waals surface area contributed by atoms with Crippen LogP contribution >= 0.6 is 0 Å². The van der Waals surface area contributed by atoms with E-state index in [0.717, 1.165) is 28.2 Å². The van der Waals surface area contributed by atoms with Gasteiger partial charge < -0.3 is 24.1 Å². The third-order valence-electron chi connectivity index (χ3n) is 4.96. The summed E-state index contributed by atoms with van der Waals surface area (Å²) in [6.45, 7) is 1.00. The van der Waals surface area contributed by atoms with Gasteiger partial charge in [0, 0.05) is 0 Å². The van der Waals surface area contributed by atoms with Gasteiger partial charge in [-0.15, -0.1) is 0 Å². The summed E-state index contributed by atoms with van der Waals surface area (Å²) in [5, 5.41) is 8.97. The van der Waals surface area contributed by atoms with E-state index in [-0.39, 0.29) is 13.2 Å². The summed E-state index contributed by atoms with van der Waals surface area (Å²) in [6, 6.07) is 25.9. The highest BCUT2D eigenvalue weighted by Crippen LogP contribution is 2.41. The second-order valence-corrected chi connectivity index (χ2v) is 6.69. The third-order valence-corrected chi connectivity index (χ3v) is 4.96. The smallest absolute Gasteiger partial charge is 0.143 e. The summed E-state index contributed by atoms with van der Waals surface area (Å²) >= 11 is 0. The van der Waals surface area contributed by atoms with Crippen molar-refractivity contribution in [3.63, 3.8) is 0 Å². The van der Waals surface area contributed by atoms with Gasteiger partial charge in [-0.05, 0) is 41.0 Å². The molecule has 0 atom stereocenters. The SMILES string of the molecule is COc1ccc(C(OCCOCCO)(c2ccccc2)c2ccc(OC)cc2)cc1. The second kappa shape index (κ2) is 10.8. The van der Waals surface area contributed by atoms with Crippen LogP contribution in [0, 0.1) is 0 Å². The fraction of sp³-hybridized carbons (Fsp3) is 0.280. The maximum atomic E-state index is 8.97. The molecule has 0 aliphatic carbocycles. The predicted molar refractivity (Wildman–Crippen MR) is 116 cm³/mol. The molecule has 3 aromatic carbocycles. The molecule has 0 fully saturated rings. The van der Waals surface area contributed by atoms with Gasteiger partial charge in [-0.25, -0.2) is 0 Å². The number of hydrogen-bond donors (Lipinski definition) is 1. The number of hydrogen-bond acceptors (Lipinski definition) is 5. The van der Waals surface area contributed by atoms with Gasteiger partial charge in [0.05, 0.1) is 40.6 Å². The van der Waals surface area contributed by atoms with Crippen molar-refractivity contribution >= 4 is 0 Å². The molecular weight excluding hydrogens is 380 g/mol. The Labute approximate surface area is 177 Å². The number of rotatable bonds is 11. The summed E-state index contributed by atoms with van der Waals surface area (Å²) in [5.74, 6) is 1.56. The van der Waals surface area contributed by atoms with Crippen molar-refractivity contribution in [3.8, 4) is 11.5 Å². The third kappa shape index (κ3) is 4.82. The Morgan fingerprint density at radius 3 is 1.60 bits per heavy atom. The Morgan fingerprint density at radius 1 is 0.633 bits per heavy atom. The van der Waals surface area contributed by atoms with Gasteiger partial charge in [-0.1, -0.05) is 54.6 Å². The van der Waals surface area contributed by atoms with Crippen LogP contribution in [-0.2, 0) is 15.1 Å². The lowest BCUT2D eigenvalue weighted by Gasteiger charge is -2.36. The topological polar surface area (TPSA) is 57.2 Å². The molecule has 5 heteroatoms. The van der Waals surface area contributed by atoms with Crippen LogP contribution in [0.1, 0.15) is 16.7 Å². The van der Waals surface area contributed by atoms with Gasteiger partial charge in [0.1, 0.15) is 17.1 Å². The van der Waals surface area contributed by atoms with E-state index in [2.05, 4.69) is 12.1 Å². The molecule has 0 saturated carbocycles. The van der Waals surface area contributed by atoms with Crippen molar-refractivity contribution in [2.75, 3.05) is 40.6 Å². The number of aliphatic hydroxyl groups is 1. The van der Waals surface area contributed by atoms with Crippen molar-refractivity contribution in [1.82, 2.24) is 0 Å². The highest BCUT2D eigenvalue weighted by molar-refractivity contribution is 5.49. The van der Waals surface area contributed by atoms with Crippen LogP contribution in [0.4, 0.5) is 0 Å². The molecule has 1 N–H and O–H groups in total. The minimum atomic E-state index is -0.845. The number of methoxy groups -OCH3 is 2. The first-order valence-corrected chi connectivity index (χ1v) is 9.91. The van der Waals surface area contributed by atoms with Crippen molar-refractivity contribution < 1.29 is 24.1 Å². The number of aliphatic hydroxyl groups excluding tert-OH is 1. The first-order chi connectivity index (χ1) is 14.7. The van der Waals surface area contributed by atoms with Gasteiger partial charge in [0.2, 0.25) is 0 Å². The quantitative estimate of drug-likeness (QED) is 0.384. The van der Waals surface area contributed by atoms with Crippen LogP contribution in [0.25, 0.3) is 0 Å². The van der Waals surface area contributed by atoms with E-state index in [9.17, 15) is 0 Å². The van der Waals surface area contributed by atoms with E-state index >= 15 is 0 Å². The molecule has 3 aromatic rings. The first kappa shape index (κ1) is 21.8. The largest absolute Gasteiger partial charge is 0.497 e. The van der Waals surface area contributed by atoms with E-state index in [4.69, 9.17) is 24.1 Å². The van der Waals surface area contributed by atoms with Crippen molar-refractivity contribution in [2.45, 2.75) is 5.60 Å². The van der Waals surface area contributed by atoms with Crippen molar-refractivity contribution in [2.24, 2.45) is 0 Å². The molecule has 0 aliphatic rings. The minimum absolute atomic E-state index is 0.0131. The van der Waals surface area contributed by atoms with Crippen LogP contribution < -0.4 is 9.47 Å². The first-order valence-electron chi connectivity index (χ1n) is 9.91. The molecule has 3 rings (SSSR count). The molecule has 0 heterocycles. The summed E-state index contributed by atoms with van der Waals surface area (Å²) < 4.78 is 22.7. The summed E-state index contributed by atoms with van der Waals surface area (Å²) in [7, 11) is 3.30. The van der Waals surface area contributed by atoms with Gasteiger partial charge >= 0.3 is 0 Å². The Balaban J connectivity index is 2.10. The fourth-order valence-corrected chi connectivity index (χ4v) is 3.49. The lowest BCUT2D eigenvalue weighted by atomic mass is 9.80. The highest BCUT2D eigenvalue weighted by Gasteiger charge is 2.37. The monoisotopic (exact) mass is 408 g/mol. The molecule has 0 unspecified atom stereocenters. The maximum Gasteiger partial charge on any atom is 0.143 e. The van der Waals surface area contributed by atoms with E-state index in [0.29, 0.717) is 13.2 Å². The predicted octanol–water partition coefficient (Wildman–Crippen LogP) is 4.02. The van der Waals surface area contributed by atoms with Crippen molar-refractivity contribution in [1.29, 1.82) is 0 Å². The van der Waals surface area contributed by atoms with Crippen molar-refractivity contribution in [3.05, 3.63) is 95.6 Å². The van der Waals surface area contributed by atoms with Crippen LogP contribution in [0.15, 0.2) is 78.9 Å². The Hall–Kier alpha value is -2.86. The highest BCUT2D eigenvalue weighted by atomic mass is 16.5. The van der Waals surface area contributed by atoms with Gasteiger partial charge in [0.15, 0.2) is 0 Å². The zero-order valence-corrected chi connectivity index (χ0v) is 17.4. The summed E-state index contributed by atoms with van der Waals surface area (Å²) in [6.07, 6.45) is 0. The van der Waals surface area contributed by atoms with Crippen LogP contribution in [0.5, 0.6) is 11.5 Å². The van der Waals surface area contributed by atoms with Gasteiger partial charge in [-0.2, -0.15) is 0 Å². The standard InChI is InChI=1S/C25H28O5/c1-27-23-12-8-21(9-13-23)25(20-6-4-3-5-7-20,30-19-18-29-17-16-26)22-10-14-24(28-2)15-11-22/h3-15,26H,16-19H2,1-2H3. The van der Waals surface area contributed by atoms with Gasteiger partial charge in [-0.3, -0.25) is 0 Å². The molecule has 0 spiro atoms. The maximum absolute atomic E-state index is 8.97. The van der Waals surface area contributed by atoms with E-state index in [1.165, 1.54) is 0 Å². The zero-order valence-electron chi connectivity index (χ0n) is 17.4. The second-order valence-electron chi connectivity index (χ2n) is 6.69. The Bertz CT molecular complexity index is 828. The average Bonchev–Trinajstić information content (AvgIpc) is 2.82. The number of ether oxygens (including phenoxy) is 4. The number of benzene rings is 3. The molecule has 0 radical (unpaired) electrons. The molecule has 0 amide bonds. The Morgan fingerprint density at radius 2 is 1.13 bits per heavy atom. The van der Waals surface area contributed by atoms with Gasteiger partial charge in [0.25, 0.3) is 0 Å². The molecule has 5 nitrogen and oxygen atoms in total. The van der Waals surface area contributed by atoms with Crippen LogP contribution in [-0.4, -0.2) is 45.8 Å². The molecule has 30 heavy (non-hydrogen) atoms. The molecule has 0 aliphatic heterocycles. The average molecular weight is 408 g/mol. The summed E-state index contributed by atoms with van der Waals surface area (Å²) in [5.41, 5.74) is 2.11. The lowest BCUT2D eigenvalue weighted by Crippen LogP contribution is -2.34. The molecule has 0 bridgehead atoms. The molecule has 0 aromatic heterocycles. The summed E-state index contributed by atoms with van der Waals surface area (Å²) in [4.78, 5) is 0. The van der Waals surface area contributed by atoms with E-state index in [1.807, 2.05) is 66.7 Å². The molecule has 0 saturated heterocycles. The molecular formula is C25H28O5. The fourth-order valence-electron chi connectivity index (χ4n) is 3.49. The molecule has 158 valence electrons. The van der Waals surface area contributed by atoms with E-state index < -0.39 is 5.60 Å².